The molecule has 2 N–H and O–H groups in total. The third-order valence-corrected chi connectivity index (χ3v) is 3.58. The fourth-order valence-electron chi connectivity index (χ4n) is 2.50. The summed E-state index contributed by atoms with van der Waals surface area (Å²) in [5.41, 5.74) is 0. The predicted octanol–water partition coefficient (Wildman–Crippen LogP) is 2.12. The molecule has 5 heteroatoms. The smallest absolute Gasteiger partial charge is 0.249 e. The quantitative estimate of drug-likeness (QED) is 0.707. The number of hydrogen-bond donors (Lipinski definition) is 2. The Bertz CT molecular complexity index is 252. The minimum Gasteiger partial charge on any atom is -0.365 e. The van der Waals surface area contributed by atoms with Gasteiger partial charge < -0.3 is 15.4 Å². The van der Waals surface area contributed by atoms with E-state index >= 15 is 0 Å². The predicted molar refractivity (Wildman–Crippen MR) is 80.8 cm³/mol. The summed E-state index contributed by atoms with van der Waals surface area (Å²) in [5, 5.41) is 5.92. The van der Waals surface area contributed by atoms with E-state index in [0.717, 1.165) is 31.7 Å². The molecular formula is C14H29ClN2O2. The lowest BCUT2D eigenvalue weighted by Gasteiger charge is -2.29. The van der Waals surface area contributed by atoms with E-state index in [2.05, 4.69) is 17.6 Å². The van der Waals surface area contributed by atoms with Crippen molar-refractivity contribution in [2.24, 2.45) is 5.92 Å². The second-order valence-electron chi connectivity index (χ2n) is 5.32. The van der Waals surface area contributed by atoms with Gasteiger partial charge in [0.1, 0.15) is 6.10 Å². The van der Waals surface area contributed by atoms with Gasteiger partial charge >= 0.3 is 0 Å². The molecule has 1 saturated carbocycles. The van der Waals surface area contributed by atoms with Crippen LogP contribution in [0.25, 0.3) is 0 Å². The van der Waals surface area contributed by atoms with Gasteiger partial charge in [0.15, 0.2) is 0 Å². The molecule has 0 bridgehead atoms. The van der Waals surface area contributed by atoms with Crippen molar-refractivity contribution < 1.29 is 9.53 Å². The molecule has 0 heterocycles. The van der Waals surface area contributed by atoms with E-state index < -0.39 is 0 Å². The van der Waals surface area contributed by atoms with E-state index in [1.54, 1.807) is 0 Å². The highest BCUT2D eigenvalue weighted by atomic mass is 35.5. The number of amides is 1. The molecule has 0 aromatic carbocycles. The van der Waals surface area contributed by atoms with Crippen molar-refractivity contribution in [3.63, 3.8) is 0 Å². The highest BCUT2D eigenvalue weighted by Gasteiger charge is 2.25. The van der Waals surface area contributed by atoms with Gasteiger partial charge in [0.25, 0.3) is 0 Å². The lowest BCUT2D eigenvalue weighted by molar-refractivity contribution is -0.138. The number of rotatable bonds is 7. The first-order chi connectivity index (χ1) is 8.67. The first kappa shape index (κ1) is 18.7. The number of halogens is 1. The molecular weight excluding hydrogens is 264 g/mol. The van der Waals surface area contributed by atoms with Crippen LogP contribution in [0.3, 0.4) is 0 Å². The zero-order valence-corrected chi connectivity index (χ0v) is 13.2. The van der Waals surface area contributed by atoms with Gasteiger partial charge in [0.2, 0.25) is 5.91 Å². The Morgan fingerprint density at radius 3 is 2.68 bits per heavy atom. The summed E-state index contributed by atoms with van der Waals surface area (Å²) in [7, 11) is 1.88. The van der Waals surface area contributed by atoms with Crippen LogP contribution in [0.2, 0.25) is 0 Å². The molecule has 0 aromatic heterocycles. The molecule has 1 rings (SSSR count). The van der Waals surface area contributed by atoms with Gasteiger partial charge in [-0.25, -0.2) is 0 Å². The van der Waals surface area contributed by atoms with Gasteiger partial charge in [-0.05, 0) is 32.2 Å². The monoisotopic (exact) mass is 292 g/mol. The molecule has 0 spiro atoms. The Morgan fingerprint density at radius 2 is 2.11 bits per heavy atom. The lowest BCUT2D eigenvalue weighted by atomic mass is 9.88. The molecule has 0 aliphatic heterocycles. The van der Waals surface area contributed by atoms with Crippen molar-refractivity contribution >= 4 is 18.3 Å². The molecule has 3 unspecified atom stereocenters. The van der Waals surface area contributed by atoms with E-state index in [9.17, 15) is 4.79 Å². The third kappa shape index (κ3) is 7.14. The van der Waals surface area contributed by atoms with E-state index in [-0.39, 0.29) is 30.5 Å². The van der Waals surface area contributed by atoms with Gasteiger partial charge in [-0.2, -0.15) is 0 Å². The van der Waals surface area contributed by atoms with E-state index in [4.69, 9.17) is 4.74 Å². The van der Waals surface area contributed by atoms with Gasteiger partial charge in [0, 0.05) is 13.1 Å². The minimum absolute atomic E-state index is 0. The maximum absolute atomic E-state index is 11.9. The summed E-state index contributed by atoms with van der Waals surface area (Å²) >= 11 is 0. The van der Waals surface area contributed by atoms with Crippen LogP contribution in [0.1, 0.15) is 46.0 Å². The third-order valence-electron chi connectivity index (χ3n) is 3.58. The van der Waals surface area contributed by atoms with Crippen LogP contribution in [-0.4, -0.2) is 38.3 Å². The van der Waals surface area contributed by atoms with E-state index in [0.29, 0.717) is 6.54 Å². The molecule has 1 amide bonds. The molecule has 0 radical (unpaired) electrons. The van der Waals surface area contributed by atoms with Crippen molar-refractivity contribution in [3.05, 3.63) is 0 Å². The largest absolute Gasteiger partial charge is 0.365 e. The van der Waals surface area contributed by atoms with Gasteiger partial charge in [0.05, 0.1) is 6.10 Å². The Labute approximate surface area is 123 Å². The average molecular weight is 293 g/mol. The molecule has 1 aliphatic rings. The van der Waals surface area contributed by atoms with Crippen LogP contribution < -0.4 is 10.6 Å². The number of nitrogens with one attached hydrogen (secondary N) is 2. The summed E-state index contributed by atoms with van der Waals surface area (Å²) in [4.78, 5) is 11.9. The maximum Gasteiger partial charge on any atom is 0.249 e. The maximum atomic E-state index is 11.9. The number of hydrogen-bond acceptors (Lipinski definition) is 3. The van der Waals surface area contributed by atoms with Crippen LogP contribution in [-0.2, 0) is 9.53 Å². The summed E-state index contributed by atoms with van der Waals surface area (Å²) in [6, 6.07) is 0. The average Bonchev–Trinajstić information content (AvgIpc) is 2.36. The minimum atomic E-state index is -0.280. The first-order valence-corrected chi connectivity index (χ1v) is 7.25. The summed E-state index contributed by atoms with van der Waals surface area (Å²) in [6.07, 6.45) is 5.46. The Hall–Kier alpha value is -0.320. The fraction of sp³-hybridized carbons (Fsp3) is 0.929. The van der Waals surface area contributed by atoms with Gasteiger partial charge in [-0.1, -0.05) is 26.7 Å². The fourth-order valence-corrected chi connectivity index (χ4v) is 2.50. The molecule has 4 nitrogen and oxygen atoms in total. The van der Waals surface area contributed by atoms with Crippen LogP contribution in [0.5, 0.6) is 0 Å². The Balaban J connectivity index is 0.00000324. The zero-order valence-electron chi connectivity index (χ0n) is 12.4. The normalized spacial score (nSPS) is 24.4. The van der Waals surface area contributed by atoms with E-state index in [1.165, 1.54) is 12.8 Å². The van der Waals surface area contributed by atoms with Gasteiger partial charge in [-0.15, -0.1) is 12.4 Å². The number of carbonyl (C=O) groups is 1. The van der Waals surface area contributed by atoms with Crippen molar-refractivity contribution in [2.75, 3.05) is 20.1 Å². The topological polar surface area (TPSA) is 50.4 Å². The molecule has 1 aliphatic carbocycles. The number of ether oxygens (including phenoxy) is 1. The van der Waals surface area contributed by atoms with Crippen molar-refractivity contribution in [1.29, 1.82) is 0 Å². The second kappa shape index (κ2) is 10.5. The number of carbonyl (C=O) groups excluding carboxylic acids is 1. The van der Waals surface area contributed by atoms with Crippen molar-refractivity contribution in [2.45, 2.75) is 58.2 Å². The highest BCUT2D eigenvalue weighted by Crippen LogP contribution is 2.26. The van der Waals surface area contributed by atoms with E-state index in [1.807, 2.05) is 14.0 Å². The van der Waals surface area contributed by atoms with Gasteiger partial charge in [-0.3, -0.25) is 4.79 Å². The molecule has 0 saturated heterocycles. The molecule has 1 fully saturated rings. The van der Waals surface area contributed by atoms with Crippen LogP contribution in [0.4, 0.5) is 0 Å². The van der Waals surface area contributed by atoms with Crippen LogP contribution in [0, 0.1) is 5.92 Å². The first-order valence-electron chi connectivity index (χ1n) is 7.25. The molecule has 3 atom stereocenters. The SMILES string of the molecule is CCC(OC1CCCC(C)C1)C(=O)NCCNC.Cl. The standard InChI is InChI=1S/C14H28N2O2.ClH/c1-4-13(14(17)16-9-8-15-3)18-12-7-5-6-11(2)10-12;/h11-13,15H,4-10H2,1-3H3,(H,16,17);1H. The number of likely N-dealkylation sites (N-methyl/N-ethyl adjacent to an activating group) is 1. The van der Waals surface area contributed by atoms with Crippen LogP contribution in [0.15, 0.2) is 0 Å². The zero-order chi connectivity index (χ0) is 13.4. The van der Waals surface area contributed by atoms with Crippen molar-refractivity contribution in [1.82, 2.24) is 10.6 Å². The Morgan fingerprint density at radius 1 is 1.37 bits per heavy atom. The Kier molecular flexibility index (Phi) is 10.3. The molecule has 0 aromatic rings. The van der Waals surface area contributed by atoms with Crippen molar-refractivity contribution in [3.8, 4) is 0 Å². The second-order valence-corrected chi connectivity index (χ2v) is 5.32. The lowest BCUT2D eigenvalue weighted by Crippen LogP contribution is -2.41. The summed E-state index contributed by atoms with van der Waals surface area (Å²) < 4.78 is 5.97. The molecule has 19 heavy (non-hydrogen) atoms. The highest BCUT2D eigenvalue weighted by molar-refractivity contribution is 5.85. The summed E-state index contributed by atoms with van der Waals surface area (Å²) in [5.74, 6) is 0.764. The van der Waals surface area contributed by atoms with Crippen LogP contribution >= 0.6 is 12.4 Å². The molecule has 114 valence electrons. The summed E-state index contributed by atoms with van der Waals surface area (Å²) in [6.45, 7) is 5.73.